The van der Waals surface area contributed by atoms with Crippen LogP contribution in [0.5, 0.6) is 0 Å². The molecule has 1 amide bonds. The van der Waals surface area contributed by atoms with Crippen LogP contribution in [0.3, 0.4) is 0 Å². The number of aromatic nitrogens is 1. The van der Waals surface area contributed by atoms with E-state index < -0.39 is 64.9 Å². The Balaban J connectivity index is 1.51. The van der Waals surface area contributed by atoms with E-state index >= 15 is 8.78 Å². The maximum Gasteiger partial charge on any atom is 0.338 e. The van der Waals surface area contributed by atoms with Gasteiger partial charge in [0.25, 0.3) is 5.92 Å². The van der Waals surface area contributed by atoms with E-state index in [2.05, 4.69) is 10.3 Å². The molecule has 2 aromatic rings. The van der Waals surface area contributed by atoms with Gasteiger partial charge >= 0.3 is 5.97 Å². The van der Waals surface area contributed by atoms with Crippen LogP contribution in [0.1, 0.15) is 35.5 Å². The number of likely N-dealkylation sites (tertiary alicyclic amines) is 2. The minimum Gasteiger partial charge on any atom is -0.463 e. The third kappa shape index (κ3) is 6.46. The molecule has 3 aliphatic heterocycles. The molecule has 3 aliphatic rings. The van der Waals surface area contributed by atoms with Crippen molar-refractivity contribution in [3.05, 3.63) is 63.0 Å². The van der Waals surface area contributed by atoms with Crippen LogP contribution in [0.2, 0.25) is 0 Å². The lowest BCUT2D eigenvalue weighted by Gasteiger charge is -2.31. The van der Waals surface area contributed by atoms with Crippen LogP contribution >= 0.6 is 11.3 Å². The fourth-order valence-electron chi connectivity index (χ4n) is 5.99. The van der Waals surface area contributed by atoms with Crippen molar-refractivity contribution >= 4 is 39.1 Å². The molecule has 43 heavy (non-hydrogen) atoms. The van der Waals surface area contributed by atoms with Gasteiger partial charge in [0.1, 0.15) is 11.9 Å². The summed E-state index contributed by atoms with van der Waals surface area (Å²) in [4.78, 5) is 37.6. The Labute approximate surface area is 250 Å². The Morgan fingerprint density at radius 2 is 2.05 bits per heavy atom. The highest BCUT2D eigenvalue weighted by Gasteiger charge is 2.59. The Morgan fingerprint density at radius 1 is 1.28 bits per heavy atom. The molecular weight excluding hydrogens is 609 g/mol. The van der Waals surface area contributed by atoms with Gasteiger partial charge in [-0.25, -0.2) is 31.4 Å². The van der Waals surface area contributed by atoms with Gasteiger partial charge in [-0.2, -0.15) is 0 Å². The molecule has 0 radical (unpaired) electrons. The molecule has 2 fully saturated rings. The number of thiazole rings is 1. The van der Waals surface area contributed by atoms with Gasteiger partial charge in [-0.1, -0.05) is 12.1 Å². The summed E-state index contributed by atoms with van der Waals surface area (Å²) in [5.41, 5.74) is 1.05. The van der Waals surface area contributed by atoms with E-state index in [4.69, 9.17) is 9.73 Å². The molecule has 2 saturated heterocycles. The van der Waals surface area contributed by atoms with Crippen LogP contribution in [0, 0.1) is 12.7 Å². The molecule has 1 aromatic carbocycles. The van der Waals surface area contributed by atoms with Gasteiger partial charge in [-0.05, 0) is 37.5 Å². The second-order valence-electron chi connectivity index (χ2n) is 10.6. The Bertz CT molecular complexity index is 1580. The first-order chi connectivity index (χ1) is 20.3. The summed E-state index contributed by atoms with van der Waals surface area (Å²) in [5.74, 6) is -5.03. The molecular formula is C27H31F3N6O5S2. The van der Waals surface area contributed by atoms with Gasteiger partial charge in [-0.3, -0.25) is 24.3 Å². The highest BCUT2D eigenvalue weighted by molar-refractivity contribution is 7.89. The zero-order valence-electron chi connectivity index (χ0n) is 23.6. The average Bonchev–Trinajstić information content (AvgIpc) is 3.64. The summed E-state index contributed by atoms with van der Waals surface area (Å²) in [6.45, 7) is 2.11. The first kappa shape index (κ1) is 31.1. The van der Waals surface area contributed by atoms with Crippen LogP contribution in [0.25, 0.3) is 0 Å². The molecule has 16 heteroatoms. The number of alkyl halides is 2. The van der Waals surface area contributed by atoms with Crippen molar-refractivity contribution in [1.29, 1.82) is 0 Å². The van der Waals surface area contributed by atoms with Gasteiger partial charge in [0.15, 0.2) is 10.8 Å². The molecule has 0 unspecified atom stereocenters. The van der Waals surface area contributed by atoms with Crippen molar-refractivity contribution in [3.8, 4) is 0 Å². The molecule has 5 rings (SSSR count). The minimum absolute atomic E-state index is 0.0461. The van der Waals surface area contributed by atoms with E-state index in [0.717, 1.165) is 6.26 Å². The molecule has 0 saturated carbocycles. The standard InChI is InChI=1S/C27H31F3N6O5S2/c1-4-41-26(38)21-18(32-24(25-31-9-11-42-25)33-22(21)16-6-5-7-17(28)15(16)2)12-36-14-27(29,30)23-19(36)8-10-35(23)13-20(37)34-43(3,39)40/h5-7,9,11,19,22-23H,4,8,10,12-14H2,1-3H3,(H,32,33)(H,34,37)/t19-,22-,23+/m0/s1. The average molecular weight is 641 g/mol. The number of amidine groups is 1. The number of esters is 1. The lowest BCUT2D eigenvalue weighted by Crippen LogP contribution is -2.49. The number of carbonyl (C=O) groups is 2. The molecule has 232 valence electrons. The topological polar surface area (TPSA) is 133 Å². The molecule has 4 heterocycles. The largest absolute Gasteiger partial charge is 0.463 e. The third-order valence-corrected chi connectivity index (χ3v) is 9.03. The Hall–Kier alpha value is -3.34. The predicted octanol–water partition coefficient (Wildman–Crippen LogP) is 1.97. The SMILES string of the molecule is CCOC(=O)C1=C(CN2CC(F)(F)[C@H]3[C@@H]2CCN3CC(=O)NS(C)(=O)=O)NC(c2nccs2)=N[C@H]1c1cccc(F)c1C. The number of benzene rings is 1. The van der Waals surface area contributed by atoms with Crippen LogP contribution in [0.4, 0.5) is 13.2 Å². The number of carbonyl (C=O) groups excluding carboxylic acids is 2. The molecule has 2 N–H and O–H groups in total. The molecule has 0 aliphatic carbocycles. The first-order valence-corrected chi connectivity index (χ1v) is 16.3. The summed E-state index contributed by atoms with van der Waals surface area (Å²) < 4.78 is 75.9. The molecule has 11 nitrogen and oxygen atoms in total. The first-order valence-electron chi connectivity index (χ1n) is 13.6. The van der Waals surface area contributed by atoms with E-state index in [0.29, 0.717) is 16.4 Å². The van der Waals surface area contributed by atoms with Crippen molar-refractivity contribution in [3.63, 3.8) is 0 Å². The van der Waals surface area contributed by atoms with Gasteiger partial charge < -0.3 is 10.1 Å². The third-order valence-electron chi connectivity index (χ3n) is 7.65. The van der Waals surface area contributed by atoms with E-state index in [-0.39, 0.29) is 43.0 Å². The number of ether oxygens (including phenoxy) is 1. The van der Waals surface area contributed by atoms with Crippen molar-refractivity contribution in [2.75, 3.05) is 39.0 Å². The van der Waals surface area contributed by atoms with Gasteiger partial charge in [-0.15, -0.1) is 11.3 Å². The lowest BCUT2D eigenvalue weighted by molar-refractivity contribution is -0.139. The summed E-state index contributed by atoms with van der Waals surface area (Å²) in [7, 11) is -3.84. The second-order valence-corrected chi connectivity index (χ2v) is 13.3. The number of hydrogen-bond donors (Lipinski definition) is 2. The Kier molecular flexibility index (Phi) is 8.66. The van der Waals surface area contributed by atoms with Crippen LogP contribution in [0.15, 0.2) is 46.0 Å². The highest BCUT2D eigenvalue weighted by Crippen LogP contribution is 2.43. The zero-order valence-corrected chi connectivity index (χ0v) is 25.3. The summed E-state index contributed by atoms with van der Waals surface area (Å²) in [6, 6.07) is 1.43. The van der Waals surface area contributed by atoms with E-state index in [1.54, 1.807) is 36.4 Å². The van der Waals surface area contributed by atoms with Crippen molar-refractivity contribution in [2.24, 2.45) is 4.99 Å². The molecule has 0 bridgehead atoms. The van der Waals surface area contributed by atoms with Crippen molar-refractivity contribution < 1.29 is 35.9 Å². The number of halogens is 3. The molecule has 0 spiro atoms. The van der Waals surface area contributed by atoms with Crippen LogP contribution in [-0.4, -0.2) is 98.0 Å². The number of rotatable bonds is 9. The number of hydrogen-bond acceptors (Lipinski definition) is 11. The zero-order chi connectivity index (χ0) is 31.1. The fraction of sp³-hybridized carbons (Fsp3) is 0.481. The normalized spacial score (nSPS) is 24.0. The Morgan fingerprint density at radius 3 is 2.72 bits per heavy atom. The highest BCUT2D eigenvalue weighted by atomic mass is 32.2. The van der Waals surface area contributed by atoms with Crippen LogP contribution < -0.4 is 10.0 Å². The van der Waals surface area contributed by atoms with Crippen LogP contribution in [-0.2, 0) is 24.3 Å². The summed E-state index contributed by atoms with van der Waals surface area (Å²) in [5, 5.41) is 5.37. The monoisotopic (exact) mass is 640 g/mol. The molecule has 3 atom stereocenters. The maximum atomic E-state index is 15.5. The summed E-state index contributed by atoms with van der Waals surface area (Å²) in [6.07, 6.45) is 2.68. The number of amides is 1. The second kappa shape index (κ2) is 12.0. The fourth-order valence-corrected chi connectivity index (χ4v) is 7.06. The van der Waals surface area contributed by atoms with E-state index in [1.807, 2.05) is 4.72 Å². The smallest absolute Gasteiger partial charge is 0.338 e. The van der Waals surface area contributed by atoms with Gasteiger partial charge in [0, 0.05) is 36.4 Å². The number of fused-ring (bicyclic) bond motifs is 1. The number of nitrogens with one attached hydrogen (secondary N) is 2. The number of aliphatic imine (C=N–C) groups is 1. The molecule has 1 aromatic heterocycles. The van der Waals surface area contributed by atoms with E-state index in [1.165, 1.54) is 28.4 Å². The van der Waals surface area contributed by atoms with Gasteiger partial charge in [0.2, 0.25) is 15.9 Å². The van der Waals surface area contributed by atoms with Gasteiger partial charge in [0.05, 0.1) is 37.6 Å². The van der Waals surface area contributed by atoms with E-state index in [9.17, 15) is 22.4 Å². The van der Waals surface area contributed by atoms with Crippen molar-refractivity contribution in [1.82, 2.24) is 24.8 Å². The maximum absolute atomic E-state index is 15.5. The predicted molar refractivity (Wildman–Crippen MR) is 153 cm³/mol. The quantitative estimate of drug-likeness (QED) is 0.395. The lowest BCUT2D eigenvalue weighted by atomic mass is 9.92. The van der Waals surface area contributed by atoms with Crippen molar-refractivity contribution in [2.45, 2.75) is 44.3 Å². The minimum atomic E-state index is -3.84. The summed E-state index contributed by atoms with van der Waals surface area (Å²) >= 11 is 1.29. The number of nitrogens with zero attached hydrogens (tertiary/aromatic N) is 4. The number of sulfonamides is 1.